The van der Waals surface area contributed by atoms with Crippen molar-refractivity contribution < 1.29 is 9.53 Å². The van der Waals surface area contributed by atoms with Gasteiger partial charge in [-0.05, 0) is 37.9 Å². The Morgan fingerprint density at radius 2 is 2.00 bits per heavy atom. The summed E-state index contributed by atoms with van der Waals surface area (Å²) in [7, 11) is 0. The van der Waals surface area contributed by atoms with Crippen LogP contribution >= 0.6 is 0 Å². The molecule has 28 heavy (non-hydrogen) atoms. The highest BCUT2D eigenvalue weighted by Crippen LogP contribution is 2.41. The van der Waals surface area contributed by atoms with Crippen molar-refractivity contribution >= 4 is 12.2 Å². The number of nitrogens with zero attached hydrogens (tertiary/aromatic N) is 2. The van der Waals surface area contributed by atoms with Gasteiger partial charge in [0, 0.05) is 43.4 Å². The summed E-state index contributed by atoms with van der Waals surface area (Å²) in [5.74, 6) is 1.22. The van der Waals surface area contributed by atoms with Gasteiger partial charge in [-0.15, -0.1) is 0 Å². The zero-order chi connectivity index (χ0) is 19.2. The first-order chi connectivity index (χ1) is 13.8. The van der Waals surface area contributed by atoms with Gasteiger partial charge in [-0.1, -0.05) is 30.3 Å². The second-order valence-electron chi connectivity index (χ2n) is 7.65. The summed E-state index contributed by atoms with van der Waals surface area (Å²) in [5, 5.41) is 7.18. The fourth-order valence-corrected chi connectivity index (χ4v) is 4.09. The Morgan fingerprint density at radius 3 is 2.79 bits per heavy atom. The molecule has 1 saturated heterocycles. The number of hydrogen-bond acceptors (Lipinski definition) is 6. The molecule has 2 heterocycles. The first-order valence-corrected chi connectivity index (χ1v) is 10.1. The predicted molar refractivity (Wildman–Crippen MR) is 110 cm³/mol. The van der Waals surface area contributed by atoms with E-state index in [9.17, 15) is 4.79 Å². The molecule has 6 heteroatoms. The molecule has 0 radical (unpaired) electrons. The Bertz CT molecular complexity index is 762. The Hall–Kier alpha value is -2.44. The maximum atomic E-state index is 10.6. The molecular weight excluding hydrogens is 352 g/mol. The van der Waals surface area contributed by atoms with Crippen molar-refractivity contribution in [3.63, 3.8) is 0 Å². The van der Waals surface area contributed by atoms with Crippen LogP contribution < -0.4 is 15.4 Å². The van der Waals surface area contributed by atoms with E-state index in [4.69, 9.17) is 4.74 Å². The van der Waals surface area contributed by atoms with E-state index in [1.165, 1.54) is 24.8 Å². The van der Waals surface area contributed by atoms with Crippen molar-refractivity contribution in [3.8, 4) is 5.75 Å². The summed E-state index contributed by atoms with van der Waals surface area (Å²) in [6.07, 6.45) is 6.97. The van der Waals surface area contributed by atoms with Crippen molar-refractivity contribution in [2.24, 2.45) is 0 Å². The molecule has 2 fully saturated rings. The maximum Gasteiger partial charge on any atom is 0.298 e. The third-order valence-corrected chi connectivity index (χ3v) is 5.76. The number of likely N-dealkylation sites (tertiary alicyclic amines) is 1. The Balaban J connectivity index is 1.15. The van der Waals surface area contributed by atoms with Crippen LogP contribution in [0.15, 0.2) is 48.8 Å². The van der Waals surface area contributed by atoms with Gasteiger partial charge >= 0.3 is 0 Å². The minimum Gasteiger partial charge on any atom is -0.426 e. The summed E-state index contributed by atoms with van der Waals surface area (Å²) >= 11 is 0. The lowest BCUT2D eigenvalue weighted by Gasteiger charge is -2.32. The van der Waals surface area contributed by atoms with Gasteiger partial charge in [0.1, 0.15) is 0 Å². The summed E-state index contributed by atoms with van der Waals surface area (Å²) in [6.45, 7) is 4.45. The molecule has 2 atom stereocenters. The molecule has 1 aliphatic heterocycles. The fraction of sp³-hybridized carbons (Fsp3) is 0.455. The molecule has 0 amide bonds. The number of aromatic nitrogens is 1. The van der Waals surface area contributed by atoms with E-state index < -0.39 is 0 Å². The maximum absolute atomic E-state index is 10.6. The molecule has 2 aliphatic rings. The molecular formula is C22H28N4O2. The molecule has 1 aliphatic carbocycles. The van der Waals surface area contributed by atoms with Gasteiger partial charge in [0.05, 0.1) is 11.9 Å². The molecule has 0 bridgehead atoms. The average Bonchev–Trinajstić information content (AvgIpc) is 3.51. The molecule has 6 nitrogen and oxygen atoms in total. The smallest absolute Gasteiger partial charge is 0.298 e. The predicted octanol–water partition coefficient (Wildman–Crippen LogP) is 2.64. The second kappa shape index (κ2) is 9.17. The standard InChI is InChI=1S/C22H28N4O2/c27-16-28-22-6-9-23-15-21(22)24-10-13-26-11-7-18(8-12-26)25-20-14-19(20)17-4-2-1-3-5-17/h1-6,9,15-16,18-20,24-25H,7-8,10-14H2/t19-,20+/m0/s1. The molecule has 4 rings (SSSR count). The Labute approximate surface area is 166 Å². The SMILES string of the molecule is O=COc1ccncc1NCCN1CCC(N[C@@H]2C[C@H]2c2ccccc2)CC1. The minimum atomic E-state index is 0.445. The van der Waals surface area contributed by atoms with Gasteiger partial charge in [-0.25, -0.2) is 0 Å². The lowest BCUT2D eigenvalue weighted by Crippen LogP contribution is -2.44. The number of hydrogen-bond donors (Lipinski definition) is 2. The first kappa shape index (κ1) is 18.9. The first-order valence-electron chi connectivity index (χ1n) is 10.1. The van der Waals surface area contributed by atoms with Gasteiger partial charge in [-0.2, -0.15) is 0 Å². The van der Waals surface area contributed by atoms with Crippen LogP contribution in [0.5, 0.6) is 5.75 Å². The lowest BCUT2D eigenvalue weighted by molar-refractivity contribution is -0.120. The molecule has 0 unspecified atom stereocenters. The molecule has 2 N–H and O–H groups in total. The minimum absolute atomic E-state index is 0.445. The summed E-state index contributed by atoms with van der Waals surface area (Å²) in [5.41, 5.74) is 2.23. The van der Waals surface area contributed by atoms with E-state index in [0.29, 0.717) is 30.2 Å². The molecule has 148 valence electrons. The summed E-state index contributed by atoms with van der Waals surface area (Å²) in [6, 6.07) is 13.8. The number of nitrogens with one attached hydrogen (secondary N) is 2. The highest BCUT2D eigenvalue weighted by Gasteiger charge is 2.39. The van der Waals surface area contributed by atoms with Gasteiger partial charge in [0.25, 0.3) is 6.47 Å². The van der Waals surface area contributed by atoms with Gasteiger partial charge in [0.15, 0.2) is 5.75 Å². The number of benzene rings is 1. The van der Waals surface area contributed by atoms with Crippen molar-refractivity contribution in [2.45, 2.75) is 37.3 Å². The molecule has 1 saturated carbocycles. The van der Waals surface area contributed by atoms with Crippen LogP contribution in [-0.2, 0) is 4.79 Å². The van der Waals surface area contributed by atoms with E-state index in [-0.39, 0.29) is 0 Å². The van der Waals surface area contributed by atoms with E-state index in [1.807, 2.05) is 0 Å². The molecule has 1 aromatic heterocycles. The van der Waals surface area contributed by atoms with E-state index >= 15 is 0 Å². The number of carbonyl (C=O) groups excluding carboxylic acids is 1. The van der Waals surface area contributed by atoms with Crippen LogP contribution in [-0.4, -0.2) is 54.6 Å². The van der Waals surface area contributed by atoms with Crippen LogP contribution in [0.3, 0.4) is 0 Å². The van der Waals surface area contributed by atoms with Crippen molar-refractivity contribution in [1.29, 1.82) is 0 Å². The molecule has 2 aromatic rings. The van der Waals surface area contributed by atoms with Crippen LogP contribution in [0.4, 0.5) is 5.69 Å². The summed E-state index contributed by atoms with van der Waals surface area (Å²) < 4.78 is 4.97. The largest absolute Gasteiger partial charge is 0.426 e. The van der Waals surface area contributed by atoms with Crippen molar-refractivity contribution in [2.75, 3.05) is 31.5 Å². The van der Waals surface area contributed by atoms with Crippen molar-refractivity contribution in [3.05, 3.63) is 54.4 Å². The number of pyridine rings is 1. The van der Waals surface area contributed by atoms with Gasteiger partial charge in [-0.3, -0.25) is 9.78 Å². The number of piperidine rings is 1. The highest BCUT2D eigenvalue weighted by atomic mass is 16.5. The van der Waals surface area contributed by atoms with Crippen LogP contribution in [0, 0.1) is 0 Å². The number of anilines is 1. The lowest BCUT2D eigenvalue weighted by atomic mass is 10.0. The quantitative estimate of drug-likeness (QED) is 0.652. The normalized spacial score (nSPS) is 22.6. The molecule has 1 aromatic carbocycles. The monoisotopic (exact) mass is 380 g/mol. The van der Waals surface area contributed by atoms with Crippen LogP contribution in [0.25, 0.3) is 0 Å². The second-order valence-corrected chi connectivity index (χ2v) is 7.65. The Morgan fingerprint density at radius 1 is 1.18 bits per heavy atom. The van der Waals surface area contributed by atoms with Crippen molar-refractivity contribution in [1.82, 2.24) is 15.2 Å². The highest BCUT2D eigenvalue weighted by molar-refractivity contribution is 5.59. The Kier molecular flexibility index (Phi) is 6.19. The molecule has 0 spiro atoms. The zero-order valence-electron chi connectivity index (χ0n) is 16.1. The third-order valence-electron chi connectivity index (χ3n) is 5.76. The zero-order valence-corrected chi connectivity index (χ0v) is 16.1. The van der Waals surface area contributed by atoms with Crippen LogP contribution in [0.1, 0.15) is 30.7 Å². The number of rotatable bonds is 9. The van der Waals surface area contributed by atoms with Gasteiger partial charge in [0.2, 0.25) is 0 Å². The van der Waals surface area contributed by atoms with Gasteiger partial charge < -0.3 is 20.3 Å². The number of ether oxygens (including phenoxy) is 1. The topological polar surface area (TPSA) is 66.5 Å². The van der Waals surface area contributed by atoms with E-state index in [2.05, 4.69) is 50.8 Å². The fourth-order valence-electron chi connectivity index (χ4n) is 4.09. The average molecular weight is 380 g/mol. The summed E-state index contributed by atoms with van der Waals surface area (Å²) in [4.78, 5) is 17.1. The third kappa shape index (κ3) is 4.88. The van der Waals surface area contributed by atoms with E-state index in [0.717, 1.165) is 31.9 Å². The van der Waals surface area contributed by atoms with E-state index in [1.54, 1.807) is 18.5 Å². The number of carbonyl (C=O) groups is 1. The van der Waals surface area contributed by atoms with Crippen LogP contribution in [0.2, 0.25) is 0 Å².